The average molecular weight is 333 g/mol. The third-order valence-corrected chi connectivity index (χ3v) is 7.27. The van der Waals surface area contributed by atoms with Crippen LogP contribution < -0.4 is 5.32 Å². The Morgan fingerprint density at radius 1 is 1.36 bits per heavy atom. The number of hydrogen-bond donors (Lipinski definition) is 2. The second kappa shape index (κ2) is 5.26. The monoisotopic (exact) mass is 333 g/mol. The third-order valence-electron chi connectivity index (χ3n) is 6.43. The lowest BCUT2D eigenvalue weighted by molar-refractivity contribution is -0.774. The van der Waals surface area contributed by atoms with E-state index in [0.717, 1.165) is 13.0 Å². The van der Waals surface area contributed by atoms with E-state index < -0.39 is 21.3 Å². The number of quaternary nitrogens is 1. The van der Waals surface area contributed by atoms with E-state index in [4.69, 9.17) is 5.11 Å². The van der Waals surface area contributed by atoms with Gasteiger partial charge in [0.15, 0.2) is 5.60 Å². The van der Waals surface area contributed by atoms with Gasteiger partial charge in [-0.2, -0.15) is 0 Å². The van der Waals surface area contributed by atoms with Gasteiger partial charge in [0.25, 0.3) is 0 Å². The number of nitrogens with two attached hydrogens (primary N) is 1. The zero-order valence-corrected chi connectivity index (χ0v) is 14.6. The highest BCUT2D eigenvalue weighted by Gasteiger charge is 2.64. The first-order valence-electron chi connectivity index (χ1n) is 7.84. The van der Waals surface area contributed by atoms with Crippen molar-refractivity contribution in [3.05, 3.63) is 0 Å². The first-order chi connectivity index (χ1) is 9.82. The molecule has 3 fully saturated rings. The summed E-state index contributed by atoms with van der Waals surface area (Å²) < 4.78 is 32.7. The van der Waals surface area contributed by atoms with Crippen LogP contribution in [-0.4, -0.2) is 47.8 Å². The molecule has 1 saturated heterocycles. The van der Waals surface area contributed by atoms with Crippen molar-refractivity contribution < 1.29 is 28.2 Å². The highest BCUT2D eigenvalue weighted by molar-refractivity contribution is 7.85. The first kappa shape index (κ1) is 17.8. The lowest BCUT2D eigenvalue weighted by Gasteiger charge is -2.37. The topological polar surface area (TPSA) is 111 Å². The zero-order chi connectivity index (χ0) is 17.0. The minimum absolute atomic E-state index is 0.0248. The van der Waals surface area contributed by atoms with Crippen molar-refractivity contribution in [2.45, 2.75) is 58.6 Å². The molecule has 2 aliphatic carbocycles. The molecule has 22 heavy (non-hydrogen) atoms. The number of rotatable bonds is 2. The molecule has 7 heteroatoms. The fourth-order valence-electron chi connectivity index (χ4n) is 4.10. The number of Topliss-reactive ketones (excluding diaryl/α,β-unsaturated/α-hetero) is 1. The molecule has 4 atom stereocenters. The van der Waals surface area contributed by atoms with E-state index in [9.17, 15) is 17.8 Å². The molecule has 0 radical (unpaired) electrons. The summed E-state index contributed by atoms with van der Waals surface area (Å²) >= 11 is 0. The minimum atomic E-state index is -4.33. The van der Waals surface area contributed by atoms with Crippen molar-refractivity contribution in [1.29, 1.82) is 0 Å². The van der Waals surface area contributed by atoms with Gasteiger partial charge in [0.2, 0.25) is 0 Å². The second-order valence-corrected chi connectivity index (χ2v) is 9.36. The quantitative estimate of drug-likeness (QED) is 0.670. The van der Waals surface area contributed by atoms with E-state index in [1.165, 1.54) is 0 Å². The summed E-state index contributed by atoms with van der Waals surface area (Å²) in [5.74, 6) is -0.280. The number of fused-ring (bicyclic) bond motifs is 2. The summed E-state index contributed by atoms with van der Waals surface area (Å²) in [7, 11) is -4.33. The van der Waals surface area contributed by atoms with Crippen molar-refractivity contribution in [2.75, 3.05) is 12.3 Å². The van der Waals surface area contributed by atoms with Gasteiger partial charge in [-0.15, -0.1) is 0 Å². The van der Waals surface area contributed by atoms with Gasteiger partial charge in [0.05, 0.1) is 15.9 Å². The van der Waals surface area contributed by atoms with Gasteiger partial charge in [0.1, 0.15) is 18.4 Å². The molecule has 128 valence electrons. The van der Waals surface area contributed by atoms with Crippen LogP contribution in [0.1, 0.15) is 47.0 Å². The molecule has 3 rings (SSSR count). The summed E-state index contributed by atoms with van der Waals surface area (Å²) in [6, 6.07) is 0.410. The molecular formula is C15H27NO5S. The Hall–Kier alpha value is -0.500. The SMILES string of the molecule is CC1(C)C2CCC1(CS(=O)(=O)[O-])C(=O)C2.C[C@@H]1[NH2+]C[C@@]1(C)O. The molecule has 2 bridgehead atoms. The van der Waals surface area contributed by atoms with Gasteiger partial charge < -0.3 is 15.0 Å². The van der Waals surface area contributed by atoms with Gasteiger partial charge >= 0.3 is 0 Å². The Labute approximate surface area is 132 Å². The van der Waals surface area contributed by atoms with Crippen LogP contribution in [0.15, 0.2) is 0 Å². The maximum atomic E-state index is 11.8. The number of carbonyl (C=O) groups excluding carboxylic acids is 1. The third kappa shape index (κ3) is 2.84. The molecule has 0 amide bonds. The molecular weight excluding hydrogens is 306 g/mol. The molecule has 0 aromatic carbocycles. The normalized spacial score (nSPS) is 42.5. The largest absolute Gasteiger partial charge is 0.748 e. The zero-order valence-electron chi connectivity index (χ0n) is 13.8. The maximum absolute atomic E-state index is 11.8. The van der Waals surface area contributed by atoms with Crippen LogP contribution in [0.5, 0.6) is 0 Å². The number of ketones is 1. The van der Waals surface area contributed by atoms with Crippen molar-refractivity contribution >= 4 is 15.9 Å². The van der Waals surface area contributed by atoms with Gasteiger partial charge in [-0.05, 0) is 38.0 Å². The number of carbonyl (C=O) groups is 1. The van der Waals surface area contributed by atoms with E-state index >= 15 is 0 Å². The minimum Gasteiger partial charge on any atom is -0.748 e. The fourth-order valence-corrected chi connectivity index (χ4v) is 5.39. The van der Waals surface area contributed by atoms with Gasteiger partial charge in [-0.1, -0.05) is 13.8 Å². The van der Waals surface area contributed by atoms with Crippen molar-refractivity contribution in [3.63, 3.8) is 0 Å². The molecule has 2 unspecified atom stereocenters. The van der Waals surface area contributed by atoms with Crippen molar-refractivity contribution in [3.8, 4) is 0 Å². The van der Waals surface area contributed by atoms with Crippen LogP contribution in [0.3, 0.4) is 0 Å². The van der Waals surface area contributed by atoms with Crippen molar-refractivity contribution in [1.82, 2.24) is 0 Å². The Bertz CT molecular complexity index is 568. The van der Waals surface area contributed by atoms with Crippen molar-refractivity contribution in [2.24, 2.45) is 16.7 Å². The molecule has 6 nitrogen and oxygen atoms in total. The summed E-state index contributed by atoms with van der Waals surface area (Å²) in [5.41, 5.74) is -1.60. The molecule has 0 aromatic heterocycles. The van der Waals surface area contributed by atoms with E-state index in [1.807, 2.05) is 27.7 Å². The lowest BCUT2D eigenvalue weighted by Crippen LogP contribution is -3.07. The number of hydrogen-bond acceptors (Lipinski definition) is 5. The summed E-state index contributed by atoms with van der Waals surface area (Å²) in [6.45, 7) is 8.61. The van der Waals surface area contributed by atoms with Crippen LogP contribution in [0, 0.1) is 16.7 Å². The van der Waals surface area contributed by atoms with Gasteiger partial charge in [0, 0.05) is 11.8 Å². The molecule has 2 saturated carbocycles. The fraction of sp³-hybridized carbons (Fsp3) is 0.933. The van der Waals surface area contributed by atoms with Crippen LogP contribution in [0.2, 0.25) is 0 Å². The standard InChI is InChI=1S/C10H16O4S.C5H11NO/c1-9(2)7-3-4-10(9,8(11)5-7)6-15(12,13)14;1-4-5(2,7)3-6-4/h7H,3-6H2,1-2H3,(H,12,13,14);4,6-7H,3H2,1-2H3/t;4-,5+/m.0/s1. The van der Waals surface area contributed by atoms with Gasteiger partial charge in [-0.3, -0.25) is 4.79 Å². The Morgan fingerprint density at radius 3 is 2.14 bits per heavy atom. The molecule has 0 spiro atoms. The van der Waals surface area contributed by atoms with Crippen LogP contribution in [0.25, 0.3) is 0 Å². The Morgan fingerprint density at radius 2 is 1.91 bits per heavy atom. The van der Waals surface area contributed by atoms with Crippen LogP contribution in [-0.2, 0) is 14.9 Å². The molecule has 3 aliphatic rings. The number of aliphatic hydroxyl groups is 1. The van der Waals surface area contributed by atoms with E-state index in [1.54, 1.807) is 0 Å². The predicted molar refractivity (Wildman–Crippen MR) is 80.0 cm³/mol. The summed E-state index contributed by atoms with van der Waals surface area (Å²) in [5, 5.41) is 11.3. The van der Waals surface area contributed by atoms with Gasteiger partial charge in [-0.25, -0.2) is 8.42 Å². The Kier molecular flexibility index (Phi) is 4.27. The predicted octanol–water partition coefficient (Wildman–Crippen LogP) is -0.370. The van der Waals surface area contributed by atoms with Crippen LogP contribution in [0.4, 0.5) is 0 Å². The summed E-state index contributed by atoms with van der Waals surface area (Å²) in [6.07, 6.45) is 1.88. The maximum Gasteiger partial charge on any atom is 0.162 e. The van der Waals surface area contributed by atoms with E-state index in [2.05, 4.69) is 5.32 Å². The lowest BCUT2D eigenvalue weighted by atomic mass is 9.70. The van der Waals surface area contributed by atoms with E-state index in [0.29, 0.717) is 18.9 Å². The first-order valence-corrected chi connectivity index (χ1v) is 9.42. The highest BCUT2D eigenvalue weighted by atomic mass is 32.2. The molecule has 3 N–H and O–H groups in total. The average Bonchev–Trinajstić information content (AvgIpc) is 2.70. The molecule has 1 heterocycles. The smallest absolute Gasteiger partial charge is 0.162 e. The van der Waals surface area contributed by atoms with Crippen LogP contribution >= 0.6 is 0 Å². The molecule has 0 aromatic rings. The Balaban J connectivity index is 0.000000211. The van der Waals surface area contributed by atoms with E-state index in [-0.39, 0.29) is 22.7 Å². The highest BCUT2D eigenvalue weighted by Crippen LogP contribution is 2.64. The second-order valence-electron chi connectivity index (χ2n) is 7.95. The molecule has 1 aliphatic heterocycles. The summed E-state index contributed by atoms with van der Waals surface area (Å²) in [4.78, 5) is 11.8.